The Balaban J connectivity index is 2.04. The Morgan fingerprint density at radius 2 is 1.33 bits per heavy atom. The number of aryl methyl sites for hydroxylation is 2. The van der Waals surface area contributed by atoms with Crippen molar-refractivity contribution in [3.63, 3.8) is 0 Å². The molecule has 10 heteroatoms. The molecule has 0 saturated heterocycles. The van der Waals surface area contributed by atoms with Crippen molar-refractivity contribution in [2.45, 2.75) is 70.8 Å². The van der Waals surface area contributed by atoms with E-state index in [0.29, 0.717) is 53.4 Å². The number of halogens is 6. The molecule has 0 aliphatic rings. The molecule has 4 nitrogen and oxygen atoms in total. The van der Waals surface area contributed by atoms with Crippen LogP contribution < -0.4 is 5.32 Å². The van der Waals surface area contributed by atoms with Crippen molar-refractivity contribution < 1.29 is 41.7 Å². The Labute approximate surface area is 222 Å². The average molecular weight is 556 g/mol. The standard InChI is InChI=1S/C29H31F6NO3/c1-3-5-20-13-23(27(39,28(30,31)32)29(33,34)35)9-11-25(20)26-14-24(10-8-19(26)4-2)36-15-18-6-7-21(16-37)22(12-18)17-38/h6-14,36-39H,3-5,15-17H2,1-2H3. The van der Waals surface area contributed by atoms with Crippen LogP contribution in [0.3, 0.4) is 0 Å². The van der Waals surface area contributed by atoms with E-state index >= 15 is 0 Å². The minimum Gasteiger partial charge on any atom is -0.392 e. The highest BCUT2D eigenvalue weighted by Gasteiger charge is 2.71. The van der Waals surface area contributed by atoms with Gasteiger partial charge in [0.05, 0.1) is 13.2 Å². The van der Waals surface area contributed by atoms with Crippen molar-refractivity contribution in [1.29, 1.82) is 0 Å². The first-order valence-electron chi connectivity index (χ1n) is 12.5. The Bertz CT molecular complexity index is 1270. The molecule has 0 aliphatic carbocycles. The fraction of sp³-hybridized carbons (Fsp3) is 0.379. The summed E-state index contributed by atoms with van der Waals surface area (Å²) < 4.78 is 81.1. The van der Waals surface area contributed by atoms with E-state index in [0.717, 1.165) is 17.2 Å². The highest BCUT2D eigenvalue weighted by molar-refractivity contribution is 5.75. The molecule has 0 heterocycles. The third-order valence-corrected chi connectivity index (χ3v) is 6.75. The van der Waals surface area contributed by atoms with Gasteiger partial charge in [0.15, 0.2) is 0 Å². The summed E-state index contributed by atoms with van der Waals surface area (Å²) in [6, 6.07) is 13.5. The van der Waals surface area contributed by atoms with Crippen LogP contribution in [0.2, 0.25) is 0 Å². The lowest BCUT2D eigenvalue weighted by atomic mass is 9.85. The third-order valence-electron chi connectivity index (χ3n) is 6.75. The van der Waals surface area contributed by atoms with Crippen LogP contribution in [0.5, 0.6) is 0 Å². The predicted molar refractivity (Wildman–Crippen MR) is 137 cm³/mol. The maximum absolute atomic E-state index is 13.5. The molecule has 3 rings (SSSR count). The zero-order valence-electron chi connectivity index (χ0n) is 21.5. The van der Waals surface area contributed by atoms with E-state index in [9.17, 15) is 41.7 Å². The maximum atomic E-state index is 13.5. The molecule has 0 fully saturated rings. The number of aliphatic hydroxyl groups is 3. The van der Waals surface area contributed by atoms with Gasteiger partial charge in [-0.3, -0.25) is 0 Å². The van der Waals surface area contributed by atoms with Gasteiger partial charge in [-0.15, -0.1) is 0 Å². The quantitative estimate of drug-likeness (QED) is 0.208. The summed E-state index contributed by atoms with van der Waals surface area (Å²) in [5, 5.41) is 32.1. The van der Waals surface area contributed by atoms with Crippen molar-refractivity contribution in [1.82, 2.24) is 0 Å². The molecule has 0 bridgehead atoms. The van der Waals surface area contributed by atoms with Gasteiger partial charge in [-0.05, 0) is 63.9 Å². The minimum atomic E-state index is -5.96. The number of hydrogen-bond donors (Lipinski definition) is 4. The fourth-order valence-corrected chi connectivity index (χ4v) is 4.59. The Hall–Kier alpha value is -3.08. The number of rotatable bonds is 10. The summed E-state index contributed by atoms with van der Waals surface area (Å²) in [5.74, 6) is 0. The monoisotopic (exact) mass is 555 g/mol. The first kappa shape index (κ1) is 30.5. The summed E-state index contributed by atoms with van der Waals surface area (Å²) in [5.41, 5.74) is -1.27. The van der Waals surface area contributed by atoms with E-state index in [2.05, 4.69) is 5.32 Å². The maximum Gasteiger partial charge on any atom is 0.430 e. The van der Waals surface area contributed by atoms with Crippen molar-refractivity contribution in [3.05, 3.63) is 88.0 Å². The van der Waals surface area contributed by atoms with Gasteiger partial charge in [0.25, 0.3) is 5.60 Å². The third kappa shape index (κ3) is 6.23. The van der Waals surface area contributed by atoms with Gasteiger partial charge in [0.2, 0.25) is 0 Å². The second-order valence-corrected chi connectivity index (χ2v) is 9.33. The minimum absolute atomic E-state index is 0.201. The molecule has 0 amide bonds. The SMILES string of the molecule is CCCc1cc(C(O)(C(F)(F)F)C(F)(F)F)ccc1-c1cc(NCc2ccc(CO)c(CO)c2)ccc1CC. The first-order valence-corrected chi connectivity index (χ1v) is 12.5. The van der Waals surface area contributed by atoms with Crippen LogP contribution in [0.1, 0.15) is 53.6 Å². The largest absolute Gasteiger partial charge is 0.430 e. The highest BCUT2D eigenvalue weighted by atomic mass is 19.4. The molecule has 0 spiro atoms. The summed E-state index contributed by atoms with van der Waals surface area (Å²) in [6.45, 7) is 3.60. The lowest BCUT2D eigenvalue weighted by Gasteiger charge is -2.33. The zero-order chi connectivity index (χ0) is 29.0. The van der Waals surface area contributed by atoms with E-state index in [1.165, 1.54) is 6.07 Å². The summed E-state index contributed by atoms with van der Waals surface area (Å²) in [4.78, 5) is 0. The van der Waals surface area contributed by atoms with Gasteiger partial charge in [0.1, 0.15) is 0 Å². The van der Waals surface area contributed by atoms with Crippen LogP contribution in [0.25, 0.3) is 11.1 Å². The molecular formula is C29H31F6NO3. The van der Waals surface area contributed by atoms with E-state index in [4.69, 9.17) is 0 Å². The van der Waals surface area contributed by atoms with Crippen LogP contribution in [0.4, 0.5) is 32.0 Å². The Morgan fingerprint density at radius 3 is 1.90 bits per heavy atom. The van der Waals surface area contributed by atoms with Gasteiger partial charge in [-0.25, -0.2) is 0 Å². The summed E-state index contributed by atoms with van der Waals surface area (Å²) >= 11 is 0. The zero-order valence-corrected chi connectivity index (χ0v) is 21.5. The molecule has 0 unspecified atom stereocenters. The van der Waals surface area contributed by atoms with E-state index in [-0.39, 0.29) is 25.2 Å². The normalized spacial score (nSPS) is 12.6. The summed E-state index contributed by atoms with van der Waals surface area (Å²) in [7, 11) is 0. The topological polar surface area (TPSA) is 72.7 Å². The smallest absolute Gasteiger partial charge is 0.392 e. The molecule has 3 aromatic rings. The second-order valence-electron chi connectivity index (χ2n) is 9.33. The van der Waals surface area contributed by atoms with Gasteiger partial charge < -0.3 is 20.6 Å². The van der Waals surface area contributed by atoms with Gasteiger partial charge in [0, 0.05) is 17.8 Å². The molecule has 4 N–H and O–H groups in total. The van der Waals surface area contributed by atoms with Gasteiger partial charge in [-0.1, -0.05) is 62.7 Å². The molecule has 3 aromatic carbocycles. The number of benzene rings is 3. The number of alkyl halides is 6. The molecular weight excluding hydrogens is 524 g/mol. The number of nitrogens with one attached hydrogen (secondary N) is 1. The van der Waals surface area contributed by atoms with Crippen LogP contribution in [-0.2, 0) is 38.2 Å². The molecule has 39 heavy (non-hydrogen) atoms. The number of hydrogen-bond acceptors (Lipinski definition) is 4. The number of anilines is 1. The molecule has 0 aliphatic heterocycles. The van der Waals surface area contributed by atoms with Crippen LogP contribution in [0, 0.1) is 0 Å². The Morgan fingerprint density at radius 1 is 0.692 bits per heavy atom. The van der Waals surface area contributed by atoms with Crippen molar-refractivity contribution in [2.75, 3.05) is 5.32 Å². The first-order chi connectivity index (χ1) is 18.3. The van der Waals surface area contributed by atoms with Crippen molar-refractivity contribution in [3.8, 4) is 11.1 Å². The van der Waals surface area contributed by atoms with Crippen LogP contribution >= 0.6 is 0 Å². The van der Waals surface area contributed by atoms with Crippen LogP contribution in [0.15, 0.2) is 54.6 Å². The van der Waals surface area contributed by atoms with Crippen molar-refractivity contribution >= 4 is 5.69 Å². The van der Waals surface area contributed by atoms with E-state index in [1.807, 2.05) is 19.1 Å². The lowest BCUT2D eigenvalue weighted by molar-refractivity contribution is -0.376. The molecule has 0 radical (unpaired) electrons. The van der Waals surface area contributed by atoms with E-state index < -0.39 is 23.5 Å². The van der Waals surface area contributed by atoms with Crippen LogP contribution in [-0.4, -0.2) is 27.7 Å². The van der Waals surface area contributed by atoms with Crippen molar-refractivity contribution in [2.24, 2.45) is 0 Å². The summed E-state index contributed by atoms with van der Waals surface area (Å²) in [6.07, 6.45) is -10.7. The fourth-order valence-electron chi connectivity index (χ4n) is 4.59. The van der Waals surface area contributed by atoms with E-state index in [1.54, 1.807) is 31.2 Å². The molecule has 0 atom stereocenters. The second kappa shape index (κ2) is 12.0. The Kier molecular flexibility index (Phi) is 9.35. The van der Waals surface area contributed by atoms with Gasteiger partial charge >= 0.3 is 12.4 Å². The number of aliphatic hydroxyl groups excluding tert-OH is 2. The predicted octanol–water partition coefficient (Wildman–Crippen LogP) is 6.78. The lowest BCUT2D eigenvalue weighted by Crippen LogP contribution is -2.53. The molecule has 0 saturated carbocycles. The molecule has 0 aromatic heterocycles. The highest BCUT2D eigenvalue weighted by Crippen LogP contribution is 2.50. The average Bonchev–Trinajstić information content (AvgIpc) is 2.90. The van der Waals surface area contributed by atoms with Gasteiger partial charge in [-0.2, -0.15) is 26.3 Å². The molecule has 212 valence electrons.